The van der Waals surface area contributed by atoms with Gasteiger partial charge in [-0.2, -0.15) is 0 Å². The van der Waals surface area contributed by atoms with Crippen molar-refractivity contribution in [1.29, 1.82) is 0 Å². The van der Waals surface area contributed by atoms with Crippen molar-refractivity contribution < 1.29 is 19.1 Å². The highest BCUT2D eigenvalue weighted by Gasteiger charge is 2.42. The van der Waals surface area contributed by atoms with Gasteiger partial charge in [-0.15, -0.1) is 0 Å². The van der Waals surface area contributed by atoms with Gasteiger partial charge < -0.3 is 20.1 Å². The van der Waals surface area contributed by atoms with Gasteiger partial charge in [0.25, 0.3) is 0 Å². The minimum absolute atomic E-state index is 0.0110. The third-order valence-electron chi connectivity index (χ3n) is 6.79. The van der Waals surface area contributed by atoms with E-state index in [1.807, 2.05) is 41.5 Å². The van der Waals surface area contributed by atoms with Crippen LogP contribution in [-0.2, 0) is 19.1 Å². The van der Waals surface area contributed by atoms with E-state index in [0.717, 1.165) is 51.9 Å². The maximum Gasteiger partial charge on any atom is 0.309 e. The number of carbonyl (C=O) groups excluding carboxylic acids is 2. The monoisotopic (exact) mass is 422 g/mol. The average molecular weight is 423 g/mol. The second-order valence-corrected chi connectivity index (χ2v) is 11.8. The van der Waals surface area contributed by atoms with Crippen LogP contribution >= 0.6 is 0 Å². The van der Waals surface area contributed by atoms with Crippen molar-refractivity contribution in [3.63, 3.8) is 0 Å². The molecule has 30 heavy (non-hydrogen) atoms. The number of hydrogen-bond donors (Lipinski definition) is 2. The Balaban J connectivity index is 0.000000171. The van der Waals surface area contributed by atoms with E-state index in [1.54, 1.807) is 0 Å². The fraction of sp³-hybridized carbons (Fsp3) is 0.917. The molecule has 2 saturated carbocycles. The molecule has 6 nitrogen and oxygen atoms in total. The molecule has 4 aliphatic rings. The molecule has 2 saturated heterocycles. The molecule has 2 aliphatic carbocycles. The van der Waals surface area contributed by atoms with Crippen LogP contribution in [0.25, 0.3) is 0 Å². The summed E-state index contributed by atoms with van der Waals surface area (Å²) in [6.07, 6.45) is 4.08. The maximum atomic E-state index is 11.8. The van der Waals surface area contributed by atoms with Gasteiger partial charge in [-0.3, -0.25) is 9.59 Å². The molecular weight excluding hydrogens is 380 g/mol. The Kier molecular flexibility index (Phi) is 7.18. The summed E-state index contributed by atoms with van der Waals surface area (Å²) in [5, 5.41) is 6.76. The van der Waals surface area contributed by atoms with E-state index in [2.05, 4.69) is 10.6 Å². The molecule has 0 radical (unpaired) electrons. The van der Waals surface area contributed by atoms with Gasteiger partial charge in [-0.25, -0.2) is 0 Å². The van der Waals surface area contributed by atoms with Gasteiger partial charge in [-0.05, 0) is 117 Å². The molecule has 0 aromatic carbocycles. The molecule has 0 amide bonds. The van der Waals surface area contributed by atoms with E-state index < -0.39 is 0 Å². The maximum absolute atomic E-state index is 11.8. The first-order chi connectivity index (χ1) is 13.9. The van der Waals surface area contributed by atoms with E-state index in [-0.39, 0.29) is 35.0 Å². The van der Waals surface area contributed by atoms with Crippen molar-refractivity contribution in [1.82, 2.24) is 10.6 Å². The summed E-state index contributed by atoms with van der Waals surface area (Å²) in [6.45, 7) is 15.9. The van der Waals surface area contributed by atoms with Crippen LogP contribution in [0.1, 0.15) is 67.2 Å². The van der Waals surface area contributed by atoms with Crippen molar-refractivity contribution in [3.05, 3.63) is 0 Å². The van der Waals surface area contributed by atoms with Gasteiger partial charge in [-0.1, -0.05) is 0 Å². The fourth-order valence-corrected chi connectivity index (χ4v) is 5.49. The number of ether oxygens (including phenoxy) is 2. The summed E-state index contributed by atoms with van der Waals surface area (Å²) in [7, 11) is 0. The van der Waals surface area contributed by atoms with Crippen LogP contribution in [0.3, 0.4) is 0 Å². The Morgan fingerprint density at radius 3 is 1.10 bits per heavy atom. The number of nitrogens with one attached hydrogen (secondary N) is 2. The van der Waals surface area contributed by atoms with Crippen molar-refractivity contribution in [3.8, 4) is 0 Å². The topological polar surface area (TPSA) is 76.7 Å². The lowest BCUT2D eigenvalue weighted by molar-refractivity contribution is -0.161. The first-order valence-electron chi connectivity index (χ1n) is 11.8. The van der Waals surface area contributed by atoms with Crippen LogP contribution in [0.15, 0.2) is 0 Å². The highest BCUT2D eigenvalue weighted by atomic mass is 16.6. The molecule has 4 rings (SSSR count). The van der Waals surface area contributed by atoms with E-state index in [4.69, 9.17) is 9.47 Å². The number of rotatable bonds is 2. The Hall–Kier alpha value is -1.14. The van der Waals surface area contributed by atoms with Gasteiger partial charge in [0, 0.05) is 0 Å². The Morgan fingerprint density at radius 1 is 0.600 bits per heavy atom. The van der Waals surface area contributed by atoms with Crippen LogP contribution in [0, 0.1) is 35.5 Å². The minimum atomic E-state index is -0.340. The lowest BCUT2D eigenvalue weighted by atomic mass is 10.0. The highest BCUT2D eigenvalue weighted by molar-refractivity contribution is 5.73. The second kappa shape index (κ2) is 9.15. The number of carbonyl (C=O) groups is 2. The van der Waals surface area contributed by atoms with Crippen LogP contribution in [0.2, 0.25) is 0 Å². The van der Waals surface area contributed by atoms with Crippen LogP contribution < -0.4 is 10.6 Å². The quantitative estimate of drug-likeness (QED) is 0.666. The van der Waals surface area contributed by atoms with Crippen molar-refractivity contribution >= 4 is 11.9 Å². The zero-order valence-electron chi connectivity index (χ0n) is 19.8. The largest absolute Gasteiger partial charge is 0.460 e. The Bertz CT molecular complexity index is 544. The first-order valence-corrected chi connectivity index (χ1v) is 11.8. The molecule has 0 aromatic heterocycles. The SMILES string of the molecule is CC(C)(C)OC(=O)C1C[C@H]2CNC[C@H]2C1.CC(C)(C)OC(=O)C1C[C@H]2CNC[C@H]2C1. The van der Waals surface area contributed by atoms with Gasteiger partial charge in [0.05, 0.1) is 11.8 Å². The summed E-state index contributed by atoms with van der Waals surface area (Å²) >= 11 is 0. The summed E-state index contributed by atoms with van der Waals surface area (Å²) in [5.74, 6) is 3.17. The predicted molar refractivity (Wildman–Crippen MR) is 117 cm³/mol. The molecule has 4 fully saturated rings. The number of esters is 2. The molecule has 0 bridgehead atoms. The Labute approximate surface area is 182 Å². The molecular formula is C24H42N2O4. The summed E-state index contributed by atoms with van der Waals surface area (Å²) in [5.41, 5.74) is -0.680. The van der Waals surface area contributed by atoms with Crippen LogP contribution in [-0.4, -0.2) is 49.3 Å². The van der Waals surface area contributed by atoms with Crippen LogP contribution in [0.5, 0.6) is 0 Å². The third-order valence-corrected chi connectivity index (χ3v) is 6.79. The molecule has 0 aromatic rings. The molecule has 2 aliphatic heterocycles. The van der Waals surface area contributed by atoms with E-state index in [9.17, 15) is 9.59 Å². The first kappa shape index (κ1) is 23.5. The number of hydrogen-bond acceptors (Lipinski definition) is 6. The summed E-state index contributed by atoms with van der Waals surface area (Å²) in [6, 6.07) is 0. The zero-order valence-corrected chi connectivity index (χ0v) is 19.8. The minimum Gasteiger partial charge on any atom is -0.460 e. The predicted octanol–water partition coefficient (Wildman–Crippen LogP) is 3.15. The molecule has 172 valence electrons. The van der Waals surface area contributed by atoms with Gasteiger partial charge in [0.2, 0.25) is 0 Å². The van der Waals surface area contributed by atoms with Crippen molar-refractivity contribution in [2.75, 3.05) is 26.2 Å². The molecule has 2 unspecified atom stereocenters. The Morgan fingerprint density at radius 2 is 0.867 bits per heavy atom. The van der Waals surface area contributed by atoms with E-state index >= 15 is 0 Å². The molecule has 6 heteroatoms. The average Bonchev–Trinajstić information content (AvgIpc) is 3.31. The lowest BCUT2D eigenvalue weighted by Gasteiger charge is -2.22. The summed E-state index contributed by atoms with van der Waals surface area (Å²) in [4.78, 5) is 23.7. The van der Waals surface area contributed by atoms with Crippen LogP contribution in [0.4, 0.5) is 0 Å². The molecule has 2 N–H and O–H groups in total. The fourth-order valence-electron chi connectivity index (χ4n) is 5.49. The summed E-state index contributed by atoms with van der Waals surface area (Å²) < 4.78 is 10.9. The zero-order chi connectivity index (χ0) is 22.1. The standard InChI is InChI=1S/2C12H21NO2/c2*1-12(2,3)15-11(14)8-4-9-6-13-7-10(9)5-8/h2*8-10,13H,4-7H2,1-3H3/t2*8?,9-,10+. The van der Waals surface area contributed by atoms with Gasteiger partial charge in [0.15, 0.2) is 0 Å². The molecule has 6 atom stereocenters. The molecule has 2 heterocycles. The third kappa shape index (κ3) is 6.43. The van der Waals surface area contributed by atoms with E-state index in [1.165, 1.54) is 0 Å². The number of fused-ring (bicyclic) bond motifs is 2. The van der Waals surface area contributed by atoms with E-state index in [0.29, 0.717) is 23.7 Å². The van der Waals surface area contributed by atoms with Crippen molar-refractivity contribution in [2.24, 2.45) is 35.5 Å². The van der Waals surface area contributed by atoms with Crippen molar-refractivity contribution in [2.45, 2.75) is 78.4 Å². The van der Waals surface area contributed by atoms with Gasteiger partial charge in [0.1, 0.15) is 11.2 Å². The lowest BCUT2D eigenvalue weighted by Crippen LogP contribution is -2.28. The molecule has 0 spiro atoms. The van der Waals surface area contributed by atoms with Gasteiger partial charge >= 0.3 is 11.9 Å². The second-order valence-electron chi connectivity index (χ2n) is 11.8. The normalized spacial score (nSPS) is 35.3. The highest BCUT2D eigenvalue weighted by Crippen LogP contribution is 2.40. The smallest absolute Gasteiger partial charge is 0.309 e.